The lowest BCUT2D eigenvalue weighted by atomic mass is 9.69. The van der Waals surface area contributed by atoms with Gasteiger partial charge >= 0.3 is 19.0 Å². The van der Waals surface area contributed by atoms with Gasteiger partial charge in [-0.2, -0.15) is 0 Å². The van der Waals surface area contributed by atoms with Gasteiger partial charge in [0.05, 0.1) is 5.56 Å². The smallest absolute Gasteiger partial charge is 0.456 e. The molecule has 0 saturated carbocycles. The summed E-state index contributed by atoms with van der Waals surface area (Å²) < 4.78 is 50.9. The largest absolute Gasteiger partial charge is 0.478 e. The van der Waals surface area contributed by atoms with Crippen molar-refractivity contribution in [2.45, 2.75) is 77.8 Å². The zero-order valence-electron chi connectivity index (χ0n) is 19.8. The quantitative estimate of drug-likeness (QED) is 0.399. The Morgan fingerprint density at radius 1 is 0.938 bits per heavy atom. The van der Waals surface area contributed by atoms with Crippen LogP contribution in [0.25, 0.3) is 0 Å². The molecule has 0 radical (unpaired) electrons. The summed E-state index contributed by atoms with van der Waals surface area (Å²) in [6.45, 7) is 6.14. The predicted octanol–water partition coefficient (Wildman–Crippen LogP) is 6.22. The minimum Gasteiger partial charge on any atom is -0.456 e. The van der Waals surface area contributed by atoms with E-state index in [9.17, 15) is 22.5 Å². The molecule has 0 spiro atoms. The molecule has 0 unspecified atom stereocenters. The summed E-state index contributed by atoms with van der Waals surface area (Å²) in [6.07, 6.45) is -0.740. The van der Waals surface area contributed by atoms with Gasteiger partial charge < -0.3 is 27.3 Å². The number of nitrogens with zero attached hydrogens (tertiary/aromatic N) is 1. The van der Waals surface area contributed by atoms with Gasteiger partial charge in [0.15, 0.2) is 0 Å². The summed E-state index contributed by atoms with van der Waals surface area (Å²) in [4.78, 5) is 26.2. The number of rotatable bonds is 4. The molecule has 0 bridgehead atoms. The second-order valence-electron chi connectivity index (χ2n) is 10.5. The summed E-state index contributed by atoms with van der Waals surface area (Å²) in [5.41, 5.74) is -0.228. The van der Waals surface area contributed by atoms with E-state index in [1.165, 1.54) is 4.90 Å². The molecule has 32 heavy (non-hydrogen) atoms. The van der Waals surface area contributed by atoms with Gasteiger partial charge in [-0.3, -0.25) is 0 Å². The fraction of sp³-hybridized carbons (Fsp3) is 0.652. The van der Waals surface area contributed by atoms with Crippen molar-refractivity contribution in [2.24, 2.45) is 5.92 Å². The number of likely N-dealkylation sites (tertiary alicyclic amines) is 1. The monoisotopic (exact) mass is 456 g/mol. The fourth-order valence-electron chi connectivity index (χ4n) is 3.94. The molecule has 0 aromatic heterocycles. The van der Waals surface area contributed by atoms with E-state index >= 15 is 0 Å². The van der Waals surface area contributed by atoms with Gasteiger partial charge in [0.2, 0.25) is 0 Å². The average molecular weight is 456 g/mol. The average Bonchev–Trinajstić information content (AvgIpc) is 2.80. The van der Waals surface area contributed by atoms with E-state index in [0.717, 1.165) is 5.56 Å². The molecule has 5 nitrogen and oxygen atoms in total. The Kier molecular flexibility index (Phi) is 7.94. The molecule has 1 amide bonds. The second kappa shape index (κ2) is 9.75. The molecule has 2 atom stereocenters. The van der Waals surface area contributed by atoms with Crippen molar-refractivity contribution in [3.05, 3.63) is 35.4 Å². The van der Waals surface area contributed by atoms with Crippen molar-refractivity contribution in [3.63, 3.8) is 0 Å². The molecule has 0 aliphatic carbocycles. The third kappa shape index (κ3) is 8.39. The molecule has 0 N–H and O–H groups in total. The standard InChI is InChI=1S/C23H34BF3NO4/c1-22(2,3)31-20(29)17-9-7-16(8-10-17)19-12-14-28(21(30)32-23(4,5)6)13-11-18(19)15-24(25,26)27/h7-10,18-19H,11-15H2,1-6H3/q-1/t18-,19-/m0/s1. The van der Waals surface area contributed by atoms with Crippen LogP contribution in [0, 0.1) is 5.92 Å². The maximum Gasteiger partial charge on any atom is 0.478 e. The van der Waals surface area contributed by atoms with E-state index in [1.807, 2.05) is 0 Å². The lowest BCUT2D eigenvalue weighted by Crippen LogP contribution is -2.37. The molecule has 1 saturated heterocycles. The van der Waals surface area contributed by atoms with Crippen LogP contribution >= 0.6 is 0 Å². The zero-order valence-corrected chi connectivity index (χ0v) is 19.8. The van der Waals surface area contributed by atoms with Crippen LogP contribution in [0.5, 0.6) is 0 Å². The molecule has 1 aromatic carbocycles. The van der Waals surface area contributed by atoms with Gasteiger partial charge in [-0.25, -0.2) is 9.59 Å². The van der Waals surface area contributed by atoms with Gasteiger partial charge in [-0.15, -0.1) is 0 Å². The van der Waals surface area contributed by atoms with E-state index in [4.69, 9.17) is 9.47 Å². The summed E-state index contributed by atoms with van der Waals surface area (Å²) in [6, 6.07) is 6.58. The van der Waals surface area contributed by atoms with Crippen molar-refractivity contribution >= 4 is 19.0 Å². The Morgan fingerprint density at radius 2 is 1.47 bits per heavy atom. The maximum absolute atomic E-state index is 13.4. The normalized spacial score (nSPS) is 20.5. The van der Waals surface area contributed by atoms with Crippen molar-refractivity contribution in [2.75, 3.05) is 13.1 Å². The molecule has 1 fully saturated rings. The van der Waals surface area contributed by atoms with Gasteiger partial charge in [0.25, 0.3) is 0 Å². The maximum atomic E-state index is 13.4. The number of esters is 1. The lowest BCUT2D eigenvalue weighted by molar-refractivity contribution is 0.00687. The van der Waals surface area contributed by atoms with Crippen LogP contribution in [-0.4, -0.2) is 48.2 Å². The van der Waals surface area contributed by atoms with Crippen LogP contribution in [0.1, 0.15) is 76.2 Å². The number of benzene rings is 1. The summed E-state index contributed by atoms with van der Waals surface area (Å²) >= 11 is 0. The Morgan fingerprint density at radius 3 is 1.97 bits per heavy atom. The van der Waals surface area contributed by atoms with Crippen LogP contribution in [0.4, 0.5) is 17.7 Å². The van der Waals surface area contributed by atoms with Crippen LogP contribution < -0.4 is 0 Å². The van der Waals surface area contributed by atoms with Crippen LogP contribution in [-0.2, 0) is 9.47 Å². The fourth-order valence-corrected chi connectivity index (χ4v) is 3.94. The van der Waals surface area contributed by atoms with Crippen molar-refractivity contribution in [1.82, 2.24) is 4.90 Å². The van der Waals surface area contributed by atoms with Crippen LogP contribution in [0.15, 0.2) is 24.3 Å². The van der Waals surface area contributed by atoms with Crippen LogP contribution in [0.2, 0.25) is 6.32 Å². The van der Waals surface area contributed by atoms with Gasteiger partial charge in [-0.1, -0.05) is 24.4 Å². The molecule has 1 heterocycles. The number of amides is 1. The molecule has 1 aromatic rings. The highest BCUT2D eigenvalue weighted by Gasteiger charge is 2.36. The van der Waals surface area contributed by atoms with E-state index in [2.05, 4.69) is 0 Å². The number of carbonyl (C=O) groups excluding carboxylic acids is 2. The number of hydrogen-bond donors (Lipinski definition) is 0. The minimum atomic E-state index is -4.97. The third-order valence-electron chi connectivity index (χ3n) is 5.24. The molecular weight excluding hydrogens is 422 g/mol. The number of hydrogen-bond acceptors (Lipinski definition) is 4. The highest BCUT2D eigenvalue weighted by Crippen LogP contribution is 2.39. The van der Waals surface area contributed by atoms with Gasteiger partial charge in [0, 0.05) is 13.1 Å². The molecule has 9 heteroatoms. The number of carbonyl (C=O) groups is 2. The van der Waals surface area contributed by atoms with Crippen molar-refractivity contribution in [3.8, 4) is 0 Å². The highest BCUT2D eigenvalue weighted by atomic mass is 19.4. The molecule has 1 aliphatic heterocycles. The van der Waals surface area contributed by atoms with Gasteiger partial charge in [0.1, 0.15) is 11.2 Å². The van der Waals surface area contributed by atoms with E-state index < -0.39 is 42.5 Å². The Bertz CT molecular complexity index is 797. The van der Waals surface area contributed by atoms with Crippen molar-refractivity contribution in [1.29, 1.82) is 0 Å². The van der Waals surface area contributed by atoms with E-state index in [0.29, 0.717) is 18.5 Å². The zero-order chi connectivity index (χ0) is 24.3. The topological polar surface area (TPSA) is 55.8 Å². The second-order valence-corrected chi connectivity index (χ2v) is 10.5. The SMILES string of the molecule is CC(C)(C)OC(=O)c1ccc([C@@H]2CCN(C(=O)OC(C)(C)C)CC[C@H]2C[B-](F)(F)F)cc1. The summed E-state index contributed by atoms with van der Waals surface area (Å²) in [5.74, 6) is -1.50. The van der Waals surface area contributed by atoms with E-state index in [1.54, 1.807) is 65.8 Å². The molecule has 180 valence electrons. The third-order valence-corrected chi connectivity index (χ3v) is 5.24. The van der Waals surface area contributed by atoms with Crippen molar-refractivity contribution < 1.29 is 32.0 Å². The lowest BCUT2D eigenvalue weighted by Gasteiger charge is -2.29. The van der Waals surface area contributed by atoms with Crippen LogP contribution in [0.3, 0.4) is 0 Å². The predicted molar refractivity (Wildman–Crippen MR) is 119 cm³/mol. The molecular formula is C23H34BF3NO4-. The minimum absolute atomic E-state index is 0.220. The number of halogens is 3. The Labute approximate surface area is 188 Å². The Balaban J connectivity index is 2.22. The van der Waals surface area contributed by atoms with E-state index in [-0.39, 0.29) is 18.9 Å². The first-order valence-corrected chi connectivity index (χ1v) is 11.1. The Hall–Kier alpha value is -2.19. The molecule has 1 aliphatic rings. The number of ether oxygens (including phenoxy) is 2. The summed E-state index contributed by atoms with van der Waals surface area (Å²) in [7, 11) is 0. The molecule has 2 rings (SSSR count). The first kappa shape index (κ1) is 26.1. The van der Waals surface area contributed by atoms with Gasteiger partial charge in [-0.05, 0) is 78.0 Å². The highest BCUT2D eigenvalue weighted by molar-refractivity contribution is 6.58. The first-order valence-electron chi connectivity index (χ1n) is 11.1. The first-order chi connectivity index (χ1) is 14.5. The summed E-state index contributed by atoms with van der Waals surface area (Å²) in [5, 5.41) is 0.